The van der Waals surface area contributed by atoms with Crippen LogP contribution in [0.2, 0.25) is 0 Å². The maximum atomic E-state index is 7.58. The van der Waals surface area contributed by atoms with E-state index in [0.29, 0.717) is 0 Å². The molecule has 0 amide bonds. The van der Waals surface area contributed by atoms with Gasteiger partial charge in [0, 0.05) is 30.1 Å². The van der Waals surface area contributed by atoms with Crippen molar-refractivity contribution in [2.24, 2.45) is 0 Å². The van der Waals surface area contributed by atoms with Gasteiger partial charge in [-0.2, -0.15) is 5.26 Å². The zero-order chi connectivity index (χ0) is 3.41. The van der Waals surface area contributed by atoms with Gasteiger partial charge in [-0.15, -0.1) is 0 Å². The Labute approximate surface area is 41.0 Å². The van der Waals surface area contributed by atoms with Crippen LogP contribution in [0.5, 0.6) is 0 Å². The summed E-state index contributed by atoms with van der Waals surface area (Å²) < 4.78 is 0. The molecule has 0 rings (SSSR count). The van der Waals surface area contributed by atoms with Crippen molar-refractivity contribution in [3.8, 4) is 5.40 Å². The maximum absolute atomic E-state index is 7.58. The Bertz CT molecular complexity index is 37.8. The SMILES string of the molecule is N#CSI. The molecule has 0 aromatic carbocycles. The van der Waals surface area contributed by atoms with Gasteiger partial charge in [-0.1, -0.05) is 0 Å². The van der Waals surface area contributed by atoms with Crippen molar-refractivity contribution in [2.45, 2.75) is 0 Å². The topological polar surface area (TPSA) is 23.8 Å². The van der Waals surface area contributed by atoms with E-state index in [1.165, 1.54) is 0 Å². The van der Waals surface area contributed by atoms with Crippen LogP contribution in [0, 0.1) is 10.7 Å². The summed E-state index contributed by atoms with van der Waals surface area (Å²) in [4.78, 5) is 0. The second-order valence-electron chi connectivity index (χ2n) is 0.168. The van der Waals surface area contributed by atoms with Gasteiger partial charge in [-0.3, -0.25) is 0 Å². The average molecular weight is 185 g/mol. The van der Waals surface area contributed by atoms with Gasteiger partial charge in [-0.05, 0) is 0 Å². The first-order valence-corrected chi connectivity index (χ1v) is 3.94. The van der Waals surface area contributed by atoms with Gasteiger partial charge in [-0.25, -0.2) is 0 Å². The third-order valence-electron chi connectivity index (χ3n) is 0.0345. The van der Waals surface area contributed by atoms with Crippen LogP contribution in [0.15, 0.2) is 0 Å². The van der Waals surface area contributed by atoms with Crippen LogP contribution in [-0.2, 0) is 0 Å². The second-order valence-corrected chi connectivity index (χ2v) is 1.83. The predicted molar refractivity (Wildman–Crippen MR) is 27.2 cm³/mol. The minimum absolute atomic E-state index is 1.13. The predicted octanol–water partition coefficient (Wildman–Crippen LogP) is 1.55. The highest BCUT2D eigenvalue weighted by atomic mass is 127. The number of nitrogens with zero attached hydrogens (tertiary/aromatic N) is 1. The number of rotatable bonds is 0. The molecule has 0 aliphatic rings. The van der Waals surface area contributed by atoms with Gasteiger partial charge < -0.3 is 0 Å². The summed E-state index contributed by atoms with van der Waals surface area (Å²) in [5, 5.41) is 9.41. The molecular weight excluding hydrogens is 185 g/mol. The first-order valence-electron chi connectivity index (χ1n) is 0.582. The molecule has 0 heterocycles. The molecular formula is CINS. The van der Waals surface area contributed by atoms with E-state index >= 15 is 0 Å². The first-order chi connectivity index (χ1) is 1.91. The molecule has 0 saturated carbocycles. The van der Waals surface area contributed by atoms with E-state index in [4.69, 9.17) is 5.26 Å². The molecule has 0 aliphatic heterocycles. The Balaban J connectivity index is 2.43. The van der Waals surface area contributed by atoms with Crippen molar-refractivity contribution >= 4 is 30.1 Å². The Morgan fingerprint density at radius 2 is 2.25 bits per heavy atom. The van der Waals surface area contributed by atoms with Crippen molar-refractivity contribution in [3.63, 3.8) is 0 Å². The molecule has 3 heteroatoms. The quantitative estimate of drug-likeness (QED) is 0.422. The summed E-state index contributed by atoms with van der Waals surface area (Å²) in [6.07, 6.45) is 0. The van der Waals surface area contributed by atoms with Crippen LogP contribution in [0.25, 0.3) is 0 Å². The summed E-state index contributed by atoms with van der Waals surface area (Å²) in [6, 6.07) is 0. The minimum atomic E-state index is 1.13. The van der Waals surface area contributed by atoms with Crippen molar-refractivity contribution in [3.05, 3.63) is 0 Å². The Kier molecular flexibility index (Phi) is 4.08. The number of halogens is 1. The lowest BCUT2D eigenvalue weighted by Crippen LogP contribution is -1.10. The normalized spacial score (nSPS) is 5.00. The second kappa shape index (κ2) is 3.57. The standard InChI is InChI=1S/CINS/c2-4-1-3. The fourth-order valence-corrected chi connectivity index (χ4v) is 0. The Morgan fingerprint density at radius 3 is 2.25 bits per heavy atom. The number of thiocyanates is 1. The molecule has 0 N–H and O–H groups in total. The van der Waals surface area contributed by atoms with Crippen molar-refractivity contribution in [1.82, 2.24) is 0 Å². The van der Waals surface area contributed by atoms with E-state index in [-0.39, 0.29) is 0 Å². The number of nitriles is 1. The minimum Gasteiger partial charge on any atom is -0.184 e. The lowest BCUT2D eigenvalue weighted by Gasteiger charge is -1.43. The average Bonchev–Trinajstić information content (AvgIpc) is 1.37. The summed E-state index contributed by atoms with van der Waals surface area (Å²) in [5.74, 6) is 0. The highest BCUT2D eigenvalue weighted by molar-refractivity contribution is 14.2. The van der Waals surface area contributed by atoms with Gasteiger partial charge in [0.05, 0.1) is 0 Å². The van der Waals surface area contributed by atoms with E-state index in [2.05, 4.69) is 0 Å². The molecule has 0 aliphatic carbocycles. The van der Waals surface area contributed by atoms with Gasteiger partial charge in [0.25, 0.3) is 0 Å². The number of hydrogen-bond acceptors (Lipinski definition) is 2. The maximum Gasteiger partial charge on any atom is 0.144 e. The van der Waals surface area contributed by atoms with E-state index in [1.54, 1.807) is 0 Å². The molecule has 1 nitrogen and oxygen atoms in total. The van der Waals surface area contributed by atoms with Crippen LogP contribution in [-0.4, -0.2) is 0 Å². The Morgan fingerprint density at radius 1 is 2.00 bits per heavy atom. The molecule has 0 spiro atoms. The van der Waals surface area contributed by atoms with Crippen LogP contribution in [0.4, 0.5) is 0 Å². The van der Waals surface area contributed by atoms with E-state index in [9.17, 15) is 0 Å². The van der Waals surface area contributed by atoms with Crippen molar-refractivity contribution < 1.29 is 0 Å². The summed E-state index contributed by atoms with van der Waals surface area (Å²) in [7, 11) is 1.13. The number of hydrogen-bond donors (Lipinski definition) is 0. The van der Waals surface area contributed by atoms with E-state index in [1.807, 2.05) is 26.6 Å². The fraction of sp³-hybridized carbons (Fsp3) is 0. The summed E-state index contributed by atoms with van der Waals surface area (Å²) in [5.41, 5.74) is 0. The smallest absolute Gasteiger partial charge is 0.144 e. The van der Waals surface area contributed by atoms with E-state index in [0.717, 1.165) is 8.93 Å². The van der Waals surface area contributed by atoms with Crippen LogP contribution in [0.1, 0.15) is 0 Å². The molecule has 0 fully saturated rings. The molecule has 0 unspecified atom stereocenters. The zero-order valence-electron chi connectivity index (χ0n) is 1.73. The van der Waals surface area contributed by atoms with Gasteiger partial charge in [0.2, 0.25) is 0 Å². The highest BCUT2D eigenvalue weighted by Gasteiger charge is 1.53. The van der Waals surface area contributed by atoms with E-state index < -0.39 is 0 Å². The lowest BCUT2D eigenvalue weighted by atomic mass is 11.8. The third kappa shape index (κ3) is 2.57. The van der Waals surface area contributed by atoms with Crippen LogP contribution in [0.3, 0.4) is 0 Å². The van der Waals surface area contributed by atoms with Crippen molar-refractivity contribution in [2.75, 3.05) is 0 Å². The van der Waals surface area contributed by atoms with Gasteiger partial charge in [0.15, 0.2) is 0 Å². The molecule has 0 atom stereocenters. The first kappa shape index (κ1) is 4.57. The highest BCUT2D eigenvalue weighted by Crippen LogP contribution is 2.04. The Hall–Kier alpha value is 0.570. The molecule has 0 saturated heterocycles. The largest absolute Gasteiger partial charge is 0.184 e. The fourth-order valence-electron chi connectivity index (χ4n) is 0. The molecule has 22 valence electrons. The molecule has 0 radical (unpaired) electrons. The summed E-state index contributed by atoms with van der Waals surface area (Å²) in [6.45, 7) is 0. The zero-order valence-corrected chi connectivity index (χ0v) is 4.71. The van der Waals surface area contributed by atoms with Crippen molar-refractivity contribution in [1.29, 1.82) is 5.26 Å². The van der Waals surface area contributed by atoms with Crippen LogP contribution < -0.4 is 0 Å². The third-order valence-corrected chi connectivity index (χ3v) is 0.694. The molecule has 4 heavy (non-hydrogen) atoms. The molecule has 0 bridgehead atoms. The van der Waals surface area contributed by atoms with Gasteiger partial charge in [0.1, 0.15) is 5.40 Å². The van der Waals surface area contributed by atoms with Crippen LogP contribution >= 0.6 is 30.1 Å². The lowest BCUT2D eigenvalue weighted by molar-refractivity contribution is 1.57. The van der Waals surface area contributed by atoms with Gasteiger partial charge >= 0.3 is 0 Å². The molecule has 0 aromatic heterocycles. The summed E-state index contributed by atoms with van der Waals surface area (Å²) >= 11 is 1.91. The monoisotopic (exact) mass is 185 g/mol. The molecule has 0 aromatic rings.